The SMILES string of the molecule is C=CCN1C(=O)/C(=C\C=C\c2ccco2)S/C1=N/c1nccs1. The normalized spacial score (nSPS) is 18.6. The number of furan rings is 1. The van der Waals surface area contributed by atoms with E-state index in [1.807, 2.05) is 17.5 Å². The number of carbonyl (C=O) groups is 1. The van der Waals surface area contributed by atoms with Crippen LogP contribution in [0.3, 0.4) is 0 Å². The number of rotatable bonds is 5. The van der Waals surface area contributed by atoms with Crippen LogP contribution in [0, 0.1) is 0 Å². The van der Waals surface area contributed by atoms with Gasteiger partial charge in [-0.1, -0.05) is 12.2 Å². The largest absolute Gasteiger partial charge is 0.465 e. The molecule has 1 fully saturated rings. The van der Waals surface area contributed by atoms with Gasteiger partial charge in [0.1, 0.15) is 5.76 Å². The van der Waals surface area contributed by atoms with Gasteiger partial charge in [-0.15, -0.1) is 17.9 Å². The fourth-order valence-corrected chi connectivity index (χ4v) is 3.37. The topological polar surface area (TPSA) is 58.7 Å². The van der Waals surface area contributed by atoms with E-state index in [4.69, 9.17) is 4.42 Å². The molecule has 0 atom stereocenters. The number of hydrogen-bond donors (Lipinski definition) is 0. The van der Waals surface area contributed by atoms with E-state index in [-0.39, 0.29) is 5.91 Å². The van der Waals surface area contributed by atoms with Gasteiger partial charge in [0.25, 0.3) is 5.91 Å². The number of aromatic nitrogens is 1. The van der Waals surface area contributed by atoms with Crippen LogP contribution < -0.4 is 0 Å². The molecular weight excluding hydrogens is 330 g/mol. The Morgan fingerprint density at radius 2 is 2.39 bits per heavy atom. The third-order valence-corrected chi connectivity index (χ3v) is 4.55. The van der Waals surface area contributed by atoms with Crippen molar-refractivity contribution in [2.45, 2.75) is 0 Å². The lowest BCUT2D eigenvalue weighted by Crippen LogP contribution is -2.29. The quantitative estimate of drug-likeness (QED) is 0.606. The summed E-state index contributed by atoms with van der Waals surface area (Å²) in [7, 11) is 0. The summed E-state index contributed by atoms with van der Waals surface area (Å²) in [6.07, 6.45) is 10.3. The van der Waals surface area contributed by atoms with E-state index in [1.54, 1.807) is 41.7 Å². The molecule has 1 amide bonds. The molecule has 0 aliphatic carbocycles. The van der Waals surface area contributed by atoms with Crippen LogP contribution in [-0.2, 0) is 4.79 Å². The van der Waals surface area contributed by atoms with Crippen LogP contribution in [0.25, 0.3) is 6.08 Å². The van der Waals surface area contributed by atoms with Crippen molar-refractivity contribution < 1.29 is 9.21 Å². The number of thioether (sulfide) groups is 1. The Balaban J connectivity index is 1.82. The molecule has 0 spiro atoms. The fraction of sp³-hybridized carbons (Fsp3) is 0.0625. The average molecular weight is 343 g/mol. The molecule has 1 aliphatic heterocycles. The van der Waals surface area contributed by atoms with Gasteiger partial charge in [-0.3, -0.25) is 9.69 Å². The lowest BCUT2D eigenvalue weighted by molar-refractivity contribution is -0.121. The summed E-state index contributed by atoms with van der Waals surface area (Å²) in [6.45, 7) is 4.11. The number of thiazole rings is 1. The third-order valence-electron chi connectivity index (χ3n) is 2.86. The summed E-state index contributed by atoms with van der Waals surface area (Å²) in [6, 6.07) is 3.66. The minimum Gasteiger partial charge on any atom is -0.465 e. The summed E-state index contributed by atoms with van der Waals surface area (Å²) in [5.74, 6) is 0.645. The first-order chi connectivity index (χ1) is 11.3. The molecule has 0 bridgehead atoms. The van der Waals surface area contributed by atoms with Crippen LogP contribution in [0.2, 0.25) is 0 Å². The minimum absolute atomic E-state index is 0.0886. The highest BCUT2D eigenvalue weighted by Crippen LogP contribution is 2.33. The summed E-state index contributed by atoms with van der Waals surface area (Å²) in [4.78, 5) is 23.2. The Kier molecular flexibility index (Phi) is 4.89. The van der Waals surface area contributed by atoms with Crippen molar-refractivity contribution in [1.29, 1.82) is 0 Å². The molecule has 0 aromatic carbocycles. The average Bonchev–Trinajstić information content (AvgIpc) is 3.27. The zero-order valence-corrected chi connectivity index (χ0v) is 13.7. The number of nitrogens with zero attached hydrogens (tertiary/aromatic N) is 3. The van der Waals surface area contributed by atoms with Crippen LogP contribution in [0.4, 0.5) is 5.13 Å². The Morgan fingerprint density at radius 1 is 1.48 bits per heavy atom. The fourth-order valence-electron chi connectivity index (χ4n) is 1.86. The molecule has 0 unspecified atom stereocenters. The first-order valence-corrected chi connectivity index (χ1v) is 8.48. The van der Waals surface area contributed by atoms with Crippen molar-refractivity contribution in [2.24, 2.45) is 4.99 Å². The van der Waals surface area contributed by atoms with E-state index in [1.165, 1.54) is 23.1 Å². The maximum Gasteiger partial charge on any atom is 0.267 e. The third kappa shape index (κ3) is 3.69. The standard InChI is InChI=1S/C16H13N3O2S2/c1-2-9-19-14(20)13(7-3-5-12-6-4-10-21-12)23-16(19)18-15-17-8-11-22-15/h2-8,10-11H,1,9H2/b5-3+,13-7+,18-16+. The van der Waals surface area contributed by atoms with Crippen molar-refractivity contribution in [3.8, 4) is 0 Å². The number of amides is 1. The first-order valence-electron chi connectivity index (χ1n) is 6.78. The lowest BCUT2D eigenvalue weighted by atomic mass is 10.3. The molecule has 3 heterocycles. The van der Waals surface area contributed by atoms with E-state index in [0.29, 0.717) is 21.7 Å². The molecule has 0 N–H and O–H groups in total. The van der Waals surface area contributed by atoms with E-state index in [2.05, 4.69) is 16.6 Å². The van der Waals surface area contributed by atoms with Crippen molar-refractivity contribution in [3.05, 3.63) is 65.4 Å². The van der Waals surface area contributed by atoms with Crippen molar-refractivity contribution in [3.63, 3.8) is 0 Å². The first kappa shape index (κ1) is 15.5. The second-order valence-electron chi connectivity index (χ2n) is 4.42. The predicted octanol–water partition coefficient (Wildman–Crippen LogP) is 4.08. The van der Waals surface area contributed by atoms with Gasteiger partial charge in [-0.05, 0) is 36.0 Å². The predicted molar refractivity (Wildman–Crippen MR) is 94.5 cm³/mol. The van der Waals surface area contributed by atoms with Gasteiger partial charge >= 0.3 is 0 Å². The van der Waals surface area contributed by atoms with Gasteiger partial charge in [-0.2, -0.15) is 4.99 Å². The highest BCUT2D eigenvalue weighted by Gasteiger charge is 2.32. The number of hydrogen-bond acceptors (Lipinski definition) is 6. The van der Waals surface area contributed by atoms with Gasteiger partial charge in [0.2, 0.25) is 5.13 Å². The zero-order chi connectivity index (χ0) is 16.1. The van der Waals surface area contributed by atoms with Gasteiger partial charge in [0.15, 0.2) is 5.17 Å². The molecule has 1 aliphatic rings. The van der Waals surface area contributed by atoms with E-state index < -0.39 is 0 Å². The van der Waals surface area contributed by atoms with Crippen LogP contribution >= 0.6 is 23.1 Å². The maximum absolute atomic E-state index is 12.5. The number of amidine groups is 1. The van der Waals surface area contributed by atoms with E-state index in [9.17, 15) is 4.79 Å². The molecule has 2 aromatic heterocycles. The van der Waals surface area contributed by atoms with Crippen molar-refractivity contribution >= 4 is 45.4 Å². The van der Waals surface area contributed by atoms with Crippen LogP contribution in [0.1, 0.15) is 5.76 Å². The van der Waals surface area contributed by atoms with Crippen molar-refractivity contribution in [2.75, 3.05) is 6.54 Å². The lowest BCUT2D eigenvalue weighted by Gasteiger charge is -2.11. The number of allylic oxidation sites excluding steroid dienone is 2. The molecule has 116 valence electrons. The highest BCUT2D eigenvalue weighted by atomic mass is 32.2. The van der Waals surface area contributed by atoms with Gasteiger partial charge in [-0.25, -0.2) is 4.98 Å². The molecule has 3 rings (SSSR count). The molecule has 7 heteroatoms. The molecule has 0 saturated carbocycles. The van der Waals surface area contributed by atoms with Crippen LogP contribution in [0.5, 0.6) is 0 Å². The summed E-state index contributed by atoms with van der Waals surface area (Å²) in [5.41, 5.74) is 0. The second-order valence-corrected chi connectivity index (χ2v) is 6.30. The molecule has 5 nitrogen and oxygen atoms in total. The van der Waals surface area contributed by atoms with Gasteiger partial charge in [0.05, 0.1) is 11.2 Å². The Labute approximate surface area is 141 Å². The van der Waals surface area contributed by atoms with Gasteiger partial charge in [0, 0.05) is 18.1 Å². The Hall–Kier alpha value is -2.38. The second kappa shape index (κ2) is 7.26. The maximum atomic E-state index is 12.5. The molecule has 1 saturated heterocycles. The summed E-state index contributed by atoms with van der Waals surface area (Å²) < 4.78 is 5.21. The summed E-state index contributed by atoms with van der Waals surface area (Å²) >= 11 is 2.75. The molecular formula is C16H13N3O2S2. The number of aliphatic imine (C=N–C) groups is 1. The van der Waals surface area contributed by atoms with Crippen LogP contribution in [0.15, 0.2) is 69.1 Å². The minimum atomic E-state index is -0.0886. The van der Waals surface area contributed by atoms with E-state index >= 15 is 0 Å². The molecule has 23 heavy (non-hydrogen) atoms. The van der Waals surface area contributed by atoms with Crippen LogP contribution in [-0.4, -0.2) is 27.5 Å². The molecule has 0 radical (unpaired) electrons. The summed E-state index contributed by atoms with van der Waals surface area (Å²) in [5, 5.41) is 3.09. The number of carbonyl (C=O) groups excluding carboxylic acids is 1. The Morgan fingerprint density at radius 3 is 3.09 bits per heavy atom. The highest BCUT2D eigenvalue weighted by molar-refractivity contribution is 8.18. The Bertz CT molecular complexity index is 774. The smallest absolute Gasteiger partial charge is 0.267 e. The zero-order valence-electron chi connectivity index (χ0n) is 12.1. The van der Waals surface area contributed by atoms with E-state index in [0.717, 1.165) is 5.76 Å². The molecule has 2 aromatic rings. The van der Waals surface area contributed by atoms with Crippen molar-refractivity contribution in [1.82, 2.24) is 9.88 Å². The monoisotopic (exact) mass is 343 g/mol. The van der Waals surface area contributed by atoms with Gasteiger partial charge < -0.3 is 4.42 Å².